The number of carbonyl (C=O) groups is 1. The SMILES string of the molecule is CCc1c(C(C)=C(F)C(=O)O)oc2ccccc12. The number of furan rings is 1. The fourth-order valence-corrected chi connectivity index (χ4v) is 2.01. The van der Waals surface area contributed by atoms with Crippen LogP contribution in [-0.2, 0) is 11.2 Å². The Morgan fingerprint density at radius 1 is 1.39 bits per heavy atom. The van der Waals surface area contributed by atoms with Crippen LogP contribution >= 0.6 is 0 Å². The molecule has 0 spiro atoms. The highest BCUT2D eigenvalue weighted by Crippen LogP contribution is 2.32. The van der Waals surface area contributed by atoms with Crippen molar-refractivity contribution in [3.05, 3.63) is 41.4 Å². The zero-order valence-corrected chi connectivity index (χ0v) is 10.2. The maximum atomic E-state index is 13.5. The highest BCUT2D eigenvalue weighted by molar-refractivity contribution is 5.95. The Morgan fingerprint density at radius 2 is 2.06 bits per heavy atom. The number of allylic oxidation sites excluding steroid dienone is 1. The van der Waals surface area contributed by atoms with Crippen molar-refractivity contribution >= 4 is 22.5 Å². The van der Waals surface area contributed by atoms with E-state index in [1.165, 1.54) is 6.92 Å². The summed E-state index contributed by atoms with van der Waals surface area (Å²) in [5, 5.41) is 9.57. The van der Waals surface area contributed by atoms with Crippen LogP contribution in [0.2, 0.25) is 0 Å². The number of hydrogen-bond donors (Lipinski definition) is 1. The van der Waals surface area contributed by atoms with Crippen molar-refractivity contribution in [2.24, 2.45) is 0 Å². The zero-order valence-electron chi connectivity index (χ0n) is 10.2. The van der Waals surface area contributed by atoms with Gasteiger partial charge in [-0.15, -0.1) is 0 Å². The summed E-state index contributed by atoms with van der Waals surface area (Å²) in [6, 6.07) is 7.35. The van der Waals surface area contributed by atoms with E-state index in [0.717, 1.165) is 10.9 Å². The van der Waals surface area contributed by atoms with Gasteiger partial charge in [0.1, 0.15) is 11.3 Å². The van der Waals surface area contributed by atoms with Gasteiger partial charge in [0, 0.05) is 16.5 Å². The first-order valence-corrected chi connectivity index (χ1v) is 5.66. The van der Waals surface area contributed by atoms with E-state index in [9.17, 15) is 9.18 Å². The van der Waals surface area contributed by atoms with Crippen LogP contribution in [0, 0.1) is 0 Å². The number of hydrogen-bond acceptors (Lipinski definition) is 2. The number of benzene rings is 1. The van der Waals surface area contributed by atoms with Gasteiger partial charge in [0.25, 0.3) is 0 Å². The average molecular weight is 248 g/mol. The summed E-state index contributed by atoms with van der Waals surface area (Å²) in [6.07, 6.45) is 0.649. The normalized spacial score (nSPS) is 12.6. The van der Waals surface area contributed by atoms with Crippen LogP contribution in [0.25, 0.3) is 16.5 Å². The topological polar surface area (TPSA) is 50.4 Å². The summed E-state index contributed by atoms with van der Waals surface area (Å²) in [5.41, 5.74) is 1.50. The van der Waals surface area contributed by atoms with E-state index in [4.69, 9.17) is 9.52 Å². The van der Waals surface area contributed by atoms with Gasteiger partial charge in [-0.2, -0.15) is 4.39 Å². The lowest BCUT2D eigenvalue weighted by atomic mass is 10.0. The van der Waals surface area contributed by atoms with Gasteiger partial charge >= 0.3 is 5.97 Å². The van der Waals surface area contributed by atoms with Crippen LogP contribution < -0.4 is 0 Å². The minimum Gasteiger partial charge on any atom is -0.476 e. The van der Waals surface area contributed by atoms with Crippen LogP contribution in [0.15, 0.2) is 34.5 Å². The highest BCUT2D eigenvalue weighted by Gasteiger charge is 2.19. The smallest absolute Gasteiger partial charge is 0.365 e. The molecular weight excluding hydrogens is 235 g/mol. The van der Waals surface area contributed by atoms with Crippen LogP contribution in [0.3, 0.4) is 0 Å². The highest BCUT2D eigenvalue weighted by atomic mass is 19.1. The summed E-state index contributed by atoms with van der Waals surface area (Å²) in [5.74, 6) is -2.43. The number of rotatable bonds is 3. The number of carboxylic acid groups (broad SMARTS) is 1. The number of aliphatic carboxylic acids is 1. The van der Waals surface area contributed by atoms with Crippen molar-refractivity contribution in [2.75, 3.05) is 0 Å². The van der Waals surface area contributed by atoms with Crippen molar-refractivity contribution in [1.29, 1.82) is 0 Å². The van der Waals surface area contributed by atoms with Gasteiger partial charge < -0.3 is 9.52 Å². The maximum Gasteiger partial charge on any atom is 0.365 e. The summed E-state index contributed by atoms with van der Waals surface area (Å²) >= 11 is 0. The second-order valence-corrected chi connectivity index (χ2v) is 4.00. The summed E-state index contributed by atoms with van der Waals surface area (Å²) < 4.78 is 19.0. The zero-order chi connectivity index (χ0) is 13.3. The van der Waals surface area contributed by atoms with Crippen molar-refractivity contribution in [3.8, 4) is 0 Å². The molecule has 0 aliphatic heterocycles. The maximum absolute atomic E-state index is 13.5. The predicted octanol–water partition coefficient (Wildman–Crippen LogP) is 3.78. The Bertz CT molecular complexity index is 638. The lowest BCUT2D eigenvalue weighted by Gasteiger charge is -2.01. The molecule has 2 rings (SSSR count). The minimum atomic E-state index is -1.57. The molecule has 0 saturated heterocycles. The fourth-order valence-electron chi connectivity index (χ4n) is 2.01. The summed E-state index contributed by atoms with van der Waals surface area (Å²) in [4.78, 5) is 10.7. The molecule has 1 aromatic carbocycles. The third-order valence-electron chi connectivity index (χ3n) is 2.91. The van der Waals surface area contributed by atoms with Gasteiger partial charge in [-0.05, 0) is 19.4 Å². The number of para-hydroxylation sites is 1. The lowest BCUT2D eigenvalue weighted by Crippen LogP contribution is -1.98. The van der Waals surface area contributed by atoms with Crippen LogP contribution in [-0.4, -0.2) is 11.1 Å². The van der Waals surface area contributed by atoms with E-state index in [1.54, 1.807) is 6.07 Å². The monoisotopic (exact) mass is 248 g/mol. The number of aryl methyl sites for hydroxylation is 1. The molecule has 2 aromatic rings. The third-order valence-corrected chi connectivity index (χ3v) is 2.91. The van der Waals surface area contributed by atoms with Crippen molar-refractivity contribution in [1.82, 2.24) is 0 Å². The van der Waals surface area contributed by atoms with E-state index < -0.39 is 11.8 Å². The number of fused-ring (bicyclic) bond motifs is 1. The van der Waals surface area contributed by atoms with Crippen LogP contribution in [0.1, 0.15) is 25.2 Å². The first-order valence-electron chi connectivity index (χ1n) is 5.66. The lowest BCUT2D eigenvalue weighted by molar-refractivity contribution is -0.134. The molecule has 0 radical (unpaired) electrons. The molecule has 0 unspecified atom stereocenters. The van der Waals surface area contributed by atoms with Crippen molar-refractivity contribution in [3.63, 3.8) is 0 Å². The van der Waals surface area contributed by atoms with E-state index in [2.05, 4.69) is 0 Å². The molecule has 0 fully saturated rings. The summed E-state index contributed by atoms with van der Waals surface area (Å²) in [7, 11) is 0. The van der Waals surface area contributed by atoms with Gasteiger partial charge in [-0.25, -0.2) is 4.79 Å². The van der Waals surface area contributed by atoms with Crippen molar-refractivity contribution in [2.45, 2.75) is 20.3 Å². The molecule has 4 heteroatoms. The van der Waals surface area contributed by atoms with Gasteiger partial charge in [0.2, 0.25) is 5.83 Å². The molecule has 1 heterocycles. The Kier molecular flexibility index (Phi) is 3.19. The molecule has 0 amide bonds. The summed E-state index contributed by atoms with van der Waals surface area (Å²) in [6.45, 7) is 3.34. The molecule has 18 heavy (non-hydrogen) atoms. The van der Waals surface area contributed by atoms with E-state index in [-0.39, 0.29) is 5.57 Å². The molecular formula is C14H13FO3. The molecule has 0 atom stereocenters. The predicted molar refractivity (Wildman–Crippen MR) is 66.9 cm³/mol. The minimum absolute atomic E-state index is 0.0237. The second-order valence-electron chi connectivity index (χ2n) is 4.00. The van der Waals surface area contributed by atoms with Gasteiger partial charge in [-0.3, -0.25) is 0 Å². The second kappa shape index (κ2) is 4.64. The molecule has 0 saturated carbocycles. The Hall–Kier alpha value is -2.10. The van der Waals surface area contributed by atoms with Crippen LogP contribution in [0.4, 0.5) is 4.39 Å². The Labute approximate surface area is 104 Å². The molecule has 0 aliphatic carbocycles. The quantitative estimate of drug-likeness (QED) is 0.841. The molecule has 0 aliphatic rings. The number of halogens is 1. The number of carboxylic acids is 1. The van der Waals surface area contributed by atoms with Crippen LogP contribution in [0.5, 0.6) is 0 Å². The van der Waals surface area contributed by atoms with Gasteiger partial charge in [-0.1, -0.05) is 25.1 Å². The molecule has 3 nitrogen and oxygen atoms in total. The van der Waals surface area contributed by atoms with E-state index in [1.807, 2.05) is 25.1 Å². The largest absolute Gasteiger partial charge is 0.476 e. The van der Waals surface area contributed by atoms with Gasteiger partial charge in [0.15, 0.2) is 0 Å². The first kappa shape index (κ1) is 12.4. The standard InChI is InChI=1S/C14H13FO3/c1-3-9-10-6-4-5-7-11(10)18-13(9)8(2)12(15)14(16)17/h4-7H,3H2,1-2H3,(H,16,17). The fraction of sp³-hybridized carbons (Fsp3) is 0.214. The average Bonchev–Trinajstić information content (AvgIpc) is 2.75. The Balaban J connectivity index is 2.72. The van der Waals surface area contributed by atoms with Crippen molar-refractivity contribution < 1.29 is 18.7 Å². The molecule has 0 bridgehead atoms. The van der Waals surface area contributed by atoms with E-state index in [0.29, 0.717) is 17.8 Å². The van der Waals surface area contributed by atoms with Gasteiger partial charge in [0.05, 0.1) is 0 Å². The first-order chi connectivity index (χ1) is 8.56. The third kappa shape index (κ3) is 1.90. The molecule has 1 aromatic heterocycles. The molecule has 1 N–H and O–H groups in total. The Morgan fingerprint density at radius 3 is 2.67 bits per heavy atom. The molecule has 94 valence electrons. The van der Waals surface area contributed by atoms with E-state index >= 15 is 0 Å².